The third kappa shape index (κ3) is 3.19. The lowest BCUT2D eigenvalue weighted by atomic mass is 10.0. The zero-order chi connectivity index (χ0) is 12.1. The summed E-state index contributed by atoms with van der Waals surface area (Å²) in [5.41, 5.74) is 2.64. The summed E-state index contributed by atoms with van der Waals surface area (Å²) in [6.45, 7) is 4.84. The normalized spacial score (nSPS) is 11.1. The van der Waals surface area contributed by atoms with Crippen LogP contribution in [0.3, 0.4) is 0 Å². The number of ether oxygens (including phenoxy) is 1. The molecule has 0 saturated heterocycles. The molecule has 0 radical (unpaired) electrons. The first-order valence-corrected chi connectivity index (χ1v) is 4.92. The predicted molar refractivity (Wildman–Crippen MR) is 61.7 cm³/mol. The molecular formula is C13H14F2O. The van der Waals surface area contributed by atoms with Crippen molar-refractivity contribution in [3.63, 3.8) is 0 Å². The van der Waals surface area contributed by atoms with Crippen LogP contribution in [0.5, 0.6) is 5.75 Å². The van der Waals surface area contributed by atoms with Crippen LogP contribution in [0.25, 0.3) is 5.57 Å². The van der Waals surface area contributed by atoms with Crippen LogP contribution in [0.1, 0.15) is 18.1 Å². The Labute approximate surface area is 94.1 Å². The summed E-state index contributed by atoms with van der Waals surface area (Å²) < 4.78 is 28.3. The molecule has 1 aromatic carbocycles. The van der Waals surface area contributed by atoms with E-state index in [1.54, 1.807) is 12.1 Å². The zero-order valence-electron chi connectivity index (χ0n) is 9.34. The van der Waals surface area contributed by atoms with E-state index >= 15 is 0 Å². The maximum absolute atomic E-state index is 12.0. The Morgan fingerprint density at radius 3 is 2.62 bits per heavy atom. The molecule has 1 nitrogen and oxygen atoms in total. The largest absolute Gasteiger partial charge is 0.435 e. The fraction of sp³-hybridized carbons (Fsp3) is 0.231. The molecule has 0 unspecified atom stereocenters. The van der Waals surface area contributed by atoms with Gasteiger partial charge in [0, 0.05) is 0 Å². The summed E-state index contributed by atoms with van der Waals surface area (Å²) in [6.07, 6.45) is 3.75. The zero-order valence-corrected chi connectivity index (χ0v) is 9.34. The SMILES string of the molecule is C=C(/C=C\C)c1ccc(OC(F)F)cc1C. The van der Waals surface area contributed by atoms with Crippen molar-refractivity contribution in [3.8, 4) is 5.75 Å². The Morgan fingerprint density at radius 1 is 1.44 bits per heavy atom. The Hall–Kier alpha value is -1.64. The lowest BCUT2D eigenvalue weighted by Crippen LogP contribution is -2.02. The van der Waals surface area contributed by atoms with Gasteiger partial charge in [-0.2, -0.15) is 8.78 Å². The highest BCUT2D eigenvalue weighted by atomic mass is 19.3. The molecule has 1 aromatic rings. The van der Waals surface area contributed by atoms with E-state index in [-0.39, 0.29) is 5.75 Å². The first kappa shape index (κ1) is 12.4. The lowest BCUT2D eigenvalue weighted by molar-refractivity contribution is -0.0498. The Bertz CT molecular complexity index is 408. The van der Waals surface area contributed by atoms with Gasteiger partial charge < -0.3 is 4.74 Å². The van der Waals surface area contributed by atoms with Crippen LogP contribution in [0.15, 0.2) is 36.9 Å². The molecule has 0 aliphatic rings. The number of allylic oxidation sites excluding steroid dienone is 3. The van der Waals surface area contributed by atoms with E-state index in [4.69, 9.17) is 0 Å². The molecule has 0 fully saturated rings. The van der Waals surface area contributed by atoms with E-state index in [0.29, 0.717) is 0 Å². The molecule has 0 aromatic heterocycles. The third-order valence-corrected chi connectivity index (χ3v) is 2.14. The highest BCUT2D eigenvalue weighted by molar-refractivity contribution is 5.74. The van der Waals surface area contributed by atoms with Crippen LogP contribution in [0.2, 0.25) is 0 Å². The number of alkyl halides is 2. The fourth-order valence-electron chi connectivity index (χ4n) is 1.46. The van der Waals surface area contributed by atoms with Crippen molar-refractivity contribution in [1.82, 2.24) is 0 Å². The second-order valence-corrected chi connectivity index (χ2v) is 3.38. The van der Waals surface area contributed by atoms with E-state index in [1.807, 2.05) is 26.0 Å². The highest BCUT2D eigenvalue weighted by Gasteiger charge is 2.06. The quantitative estimate of drug-likeness (QED) is 0.697. The molecular weight excluding hydrogens is 210 g/mol. The lowest BCUT2D eigenvalue weighted by Gasteiger charge is -2.09. The molecule has 0 heterocycles. The molecule has 0 bridgehead atoms. The smallest absolute Gasteiger partial charge is 0.387 e. The first-order chi connectivity index (χ1) is 7.54. The second kappa shape index (κ2) is 5.45. The standard InChI is InChI=1S/C13H14F2O/c1-4-5-9(2)12-7-6-11(8-10(12)3)16-13(14)15/h4-8,13H,2H2,1,3H3/b5-4-. The predicted octanol–water partition coefficient (Wildman–Crippen LogP) is 4.19. The summed E-state index contributed by atoms with van der Waals surface area (Å²) in [7, 11) is 0. The minimum absolute atomic E-state index is 0.171. The minimum Gasteiger partial charge on any atom is -0.435 e. The molecule has 0 atom stereocenters. The molecule has 0 aliphatic heterocycles. The average Bonchev–Trinajstić information content (AvgIpc) is 2.16. The van der Waals surface area contributed by atoms with Gasteiger partial charge in [0.2, 0.25) is 0 Å². The molecule has 16 heavy (non-hydrogen) atoms. The molecule has 86 valence electrons. The summed E-state index contributed by atoms with van der Waals surface area (Å²) in [5.74, 6) is 0.171. The molecule has 0 saturated carbocycles. The number of hydrogen-bond donors (Lipinski definition) is 0. The summed E-state index contributed by atoms with van der Waals surface area (Å²) in [5, 5.41) is 0. The van der Waals surface area contributed by atoms with E-state index in [2.05, 4.69) is 11.3 Å². The molecule has 0 spiro atoms. The third-order valence-electron chi connectivity index (χ3n) is 2.14. The van der Waals surface area contributed by atoms with Gasteiger partial charge in [0.15, 0.2) is 0 Å². The molecule has 3 heteroatoms. The van der Waals surface area contributed by atoms with Crippen molar-refractivity contribution < 1.29 is 13.5 Å². The molecule has 0 N–H and O–H groups in total. The number of benzene rings is 1. The van der Waals surface area contributed by atoms with Gasteiger partial charge in [0.1, 0.15) is 5.75 Å². The van der Waals surface area contributed by atoms with Gasteiger partial charge >= 0.3 is 6.61 Å². The van der Waals surface area contributed by atoms with Gasteiger partial charge in [-0.1, -0.05) is 24.8 Å². The number of hydrogen-bond acceptors (Lipinski definition) is 1. The van der Waals surface area contributed by atoms with E-state index < -0.39 is 6.61 Å². The van der Waals surface area contributed by atoms with Crippen LogP contribution in [0, 0.1) is 6.92 Å². The van der Waals surface area contributed by atoms with Crippen LogP contribution in [-0.2, 0) is 0 Å². The van der Waals surface area contributed by atoms with E-state index in [1.165, 1.54) is 6.07 Å². The van der Waals surface area contributed by atoms with Gasteiger partial charge in [-0.05, 0) is 42.7 Å². The van der Waals surface area contributed by atoms with Crippen molar-refractivity contribution in [3.05, 3.63) is 48.1 Å². The van der Waals surface area contributed by atoms with Crippen molar-refractivity contribution in [2.75, 3.05) is 0 Å². The van der Waals surface area contributed by atoms with Gasteiger partial charge in [-0.15, -0.1) is 0 Å². The molecule has 0 amide bonds. The van der Waals surface area contributed by atoms with Crippen LogP contribution < -0.4 is 4.74 Å². The Morgan fingerprint density at radius 2 is 2.12 bits per heavy atom. The van der Waals surface area contributed by atoms with Crippen LogP contribution in [0.4, 0.5) is 8.78 Å². The van der Waals surface area contributed by atoms with Gasteiger partial charge in [-0.25, -0.2) is 0 Å². The first-order valence-electron chi connectivity index (χ1n) is 4.92. The second-order valence-electron chi connectivity index (χ2n) is 3.38. The summed E-state index contributed by atoms with van der Waals surface area (Å²) in [6, 6.07) is 4.83. The molecule has 0 aliphatic carbocycles. The Kier molecular flexibility index (Phi) is 4.23. The minimum atomic E-state index is -2.79. The number of aryl methyl sites for hydroxylation is 1. The van der Waals surface area contributed by atoms with E-state index in [9.17, 15) is 8.78 Å². The maximum Gasteiger partial charge on any atom is 0.387 e. The van der Waals surface area contributed by atoms with Crippen molar-refractivity contribution >= 4 is 5.57 Å². The van der Waals surface area contributed by atoms with Crippen LogP contribution in [-0.4, -0.2) is 6.61 Å². The summed E-state index contributed by atoms with van der Waals surface area (Å²) in [4.78, 5) is 0. The average molecular weight is 224 g/mol. The molecule has 1 rings (SSSR count). The number of rotatable bonds is 4. The van der Waals surface area contributed by atoms with Crippen molar-refractivity contribution in [2.45, 2.75) is 20.5 Å². The van der Waals surface area contributed by atoms with Crippen molar-refractivity contribution in [2.24, 2.45) is 0 Å². The highest BCUT2D eigenvalue weighted by Crippen LogP contribution is 2.24. The monoisotopic (exact) mass is 224 g/mol. The maximum atomic E-state index is 12.0. The number of halogens is 2. The van der Waals surface area contributed by atoms with Crippen molar-refractivity contribution in [1.29, 1.82) is 0 Å². The Balaban J connectivity index is 2.95. The van der Waals surface area contributed by atoms with Gasteiger partial charge in [0.05, 0.1) is 0 Å². The van der Waals surface area contributed by atoms with Gasteiger partial charge in [0.25, 0.3) is 0 Å². The topological polar surface area (TPSA) is 9.23 Å². The van der Waals surface area contributed by atoms with E-state index in [0.717, 1.165) is 16.7 Å². The summed E-state index contributed by atoms with van der Waals surface area (Å²) >= 11 is 0. The fourth-order valence-corrected chi connectivity index (χ4v) is 1.46. The van der Waals surface area contributed by atoms with Gasteiger partial charge in [-0.3, -0.25) is 0 Å². The van der Waals surface area contributed by atoms with Crippen LogP contribution >= 0.6 is 0 Å².